The third-order valence-electron chi connectivity index (χ3n) is 2.52. The van der Waals surface area contributed by atoms with Gasteiger partial charge in [-0.05, 0) is 37.0 Å². The van der Waals surface area contributed by atoms with E-state index in [1.54, 1.807) is 0 Å². The number of rotatable bonds is 1. The van der Waals surface area contributed by atoms with Gasteiger partial charge in [0, 0.05) is 10.0 Å². The van der Waals surface area contributed by atoms with E-state index in [2.05, 4.69) is 41.1 Å². The Hall–Kier alpha value is -0.340. The molecular weight excluding hydrogens is 214 g/mol. The van der Waals surface area contributed by atoms with Crippen molar-refractivity contribution >= 4 is 15.9 Å². The van der Waals surface area contributed by atoms with Crippen molar-refractivity contribution in [3.05, 3.63) is 33.8 Å². The summed E-state index contributed by atoms with van der Waals surface area (Å²) in [5, 5.41) is 0. The third-order valence-corrected chi connectivity index (χ3v) is 3.41. The van der Waals surface area contributed by atoms with Crippen molar-refractivity contribution in [3.8, 4) is 0 Å². The molecule has 64 valence electrons. The molecule has 2 N–H and O–H groups in total. The van der Waals surface area contributed by atoms with E-state index in [4.69, 9.17) is 5.73 Å². The lowest BCUT2D eigenvalue weighted by molar-refractivity contribution is 0.739. The van der Waals surface area contributed by atoms with Crippen LogP contribution < -0.4 is 5.73 Å². The molecule has 0 aliphatic heterocycles. The number of aryl methyl sites for hydroxylation is 1. The predicted molar refractivity (Wildman–Crippen MR) is 54.0 cm³/mol. The van der Waals surface area contributed by atoms with Gasteiger partial charge >= 0.3 is 0 Å². The number of nitrogens with two attached hydrogens (primary N) is 1. The van der Waals surface area contributed by atoms with Gasteiger partial charge in [-0.15, -0.1) is 0 Å². The minimum absolute atomic E-state index is 0.00542. The zero-order chi connectivity index (χ0) is 8.77. The van der Waals surface area contributed by atoms with Crippen LogP contribution in [0, 0.1) is 6.92 Å². The lowest BCUT2D eigenvalue weighted by Gasteiger charge is -2.10. The number of hydrogen-bond donors (Lipinski definition) is 1. The van der Waals surface area contributed by atoms with Gasteiger partial charge in [-0.2, -0.15) is 0 Å². The van der Waals surface area contributed by atoms with Gasteiger partial charge in [0.05, 0.1) is 0 Å². The maximum absolute atomic E-state index is 6.07. The highest BCUT2D eigenvalue weighted by molar-refractivity contribution is 9.10. The molecule has 0 heterocycles. The summed E-state index contributed by atoms with van der Waals surface area (Å²) in [5.41, 5.74) is 8.63. The molecule has 2 rings (SSSR count). The van der Waals surface area contributed by atoms with Gasteiger partial charge in [0.25, 0.3) is 0 Å². The van der Waals surface area contributed by atoms with Gasteiger partial charge in [0.15, 0.2) is 0 Å². The standard InChI is InChI=1S/C10H12BrN/c1-7-6-8(2-3-9(7)11)10(12)4-5-10/h2-3,6H,4-5,12H2,1H3. The van der Waals surface area contributed by atoms with Crippen LogP contribution in [-0.4, -0.2) is 0 Å². The van der Waals surface area contributed by atoms with Gasteiger partial charge in [0.2, 0.25) is 0 Å². The molecule has 1 fully saturated rings. The fraction of sp³-hybridized carbons (Fsp3) is 0.400. The minimum atomic E-state index is 0.00542. The van der Waals surface area contributed by atoms with E-state index >= 15 is 0 Å². The van der Waals surface area contributed by atoms with Crippen molar-refractivity contribution in [3.63, 3.8) is 0 Å². The molecule has 0 radical (unpaired) electrons. The zero-order valence-corrected chi connectivity index (χ0v) is 8.69. The lowest BCUT2D eigenvalue weighted by atomic mass is 10.0. The van der Waals surface area contributed by atoms with Crippen LogP contribution in [0.15, 0.2) is 22.7 Å². The molecule has 12 heavy (non-hydrogen) atoms. The highest BCUT2D eigenvalue weighted by Gasteiger charge is 2.39. The first-order valence-electron chi connectivity index (χ1n) is 4.17. The van der Waals surface area contributed by atoms with Gasteiger partial charge in [0.1, 0.15) is 0 Å². The van der Waals surface area contributed by atoms with Gasteiger partial charge in [-0.3, -0.25) is 0 Å². The summed E-state index contributed by atoms with van der Waals surface area (Å²) in [6.45, 7) is 2.10. The zero-order valence-electron chi connectivity index (χ0n) is 7.10. The average molecular weight is 226 g/mol. The predicted octanol–water partition coefficient (Wildman–Crippen LogP) is 2.71. The molecule has 0 spiro atoms. The molecule has 1 aliphatic rings. The largest absolute Gasteiger partial charge is 0.321 e. The van der Waals surface area contributed by atoms with Crippen LogP contribution in [0.5, 0.6) is 0 Å². The van der Waals surface area contributed by atoms with Gasteiger partial charge < -0.3 is 5.73 Å². The molecule has 2 heteroatoms. The Bertz CT molecular complexity index is 316. The molecular formula is C10H12BrN. The fourth-order valence-electron chi connectivity index (χ4n) is 1.38. The Morgan fingerprint density at radius 2 is 2.08 bits per heavy atom. The second kappa shape index (κ2) is 2.57. The SMILES string of the molecule is Cc1cc(C2(N)CC2)ccc1Br. The van der Waals surface area contributed by atoms with Crippen LogP contribution in [0.2, 0.25) is 0 Å². The van der Waals surface area contributed by atoms with E-state index in [0.29, 0.717) is 0 Å². The van der Waals surface area contributed by atoms with Crippen molar-refractivity contribution in [2.45, 2.75) is 25.3 Å². The third kappa shape index (κ3) is 1.29. The molecule has 1 aromatic rings. The van der Waals surface area contributed by atoms with Crippen molar-refractivity contribution in [2.75, 3.05) is 0 Å². The fourth-order valence-corrected chi connectivity index (χ4v) is 1.62. The van der Waals surface area contributed by atoms with E-state index in [9.17, 15) is 0 Å². The van der Waals surface area contributed by atoms with E-state index < -0.39 is 0 Å². The maximum Gasteiger partial charge on any atom is 0.0411 e. The molecule has 1 nitrogen and oxygen atoms in total. The average Bonchev–Trinajstić information content (AvgIpc) is 2.75. The molecule has 0 saturated heterocycles. The highest BCUT2D eigenvalue weighted by atomic mass is 79.9. The van der Waals surface area contributed by atoms with Crippen LogP contribution >= 0.6 is 15.9 Å². The van der Waals surface area contributed by atoms with Crippen molar-refractivity contribution in [1.29, 1.82) is 0 Å². The Labute approximate surface area is 81.1 Å². The quantitative estimate of drug-likeness (QED) is 0.782. The van der Waals surface area contributed by atoms with Crippen LogP contribution in [0.1, 0.15) is 24.0 Å². The first-order valence-corrected chi connectivity index (χ1v) is 4.97. The van der Waals surface area contributed by atoms with Crippen molar-refractivity contribution < 1.29 is 0 Å². The van der Waals surface area contributed by atoms with Crippen LogP contribution in [-0.2, 0) is 5.54 Å². The second-order valence-corrected chi connectivity index (χ2v) is 4.47. The summed E-state index contributed by atoms with van der Waals surface area (Å²) >= 11 is 3.48. The normalized spacial score (nSPS) is 19.2. The summed E-state index contributed by atoms with van der Waals surface area (Å²) in [7, 11) is 0. The van der Waals surface area contributed by atoms with E-state index in [1.807, 2.05) is 0 Å². The van der Waals surface area contributed by atoms with E-state index in [0.717, 1.165) is 17.3 Å². The van der Waals surface area contributed by atoms with Crippen LogP contribution in [0.4, 0.5) is 0 Å². The first kappa shape index (κ1) is 8.27. The van der Waals surface area contributed by atoms with Gasteiger partial charge in [-0.25, -0.2) is 0 Å². The number of benzene rings is 1. The molecule has 0 unspecified atom stereocenters. The van der Waals surface area contributed by atoms with Crippen molar-refractivity contribution in [2.24, 2.45) is 5.73 Å². The summed E-state index contributed by atoms with van der Waals surface area (Å²) in [6.07, 6.45) is 2.27. The number of hydrogen-bond acceptors (Lipinski definition) is 1. The Morgan fingerprint density at radius 1 is 1.42 bits per heavy atom. The molecule has 1 saturated carbocycles. The number of halogens is 1. The molecule has 0 amide bonds. The monoisotopic (exact) mass is 225 g/mol. The van der Waals surface area contributed by atoms with Crippen LogP contribution in [0.25, 0.3) is 0 Å². The lowest BCUT2D eigenvalue weighted by Crippen LogP contribution is -2.18. The minimum Gasteiger partial charge on any atom is -0.321 e. The summed E-state index contributed by atoms with van der Waals surface area (Å²) in [4.78, 5) is 0. The smallest absolute Gasteiger partial charge is 0.0411 e. The molecule has 1 aromatic carbocycles. The van der Waals surface area contributed by atoms with E-state index in [-0.39, 0.29) is 5.54 Å². The molecule has 1 aliphatic carbocycles. The Kier molecular flexibility index (Phi) is 1.77. The molecule has 0 atom stereocenters. The maximum atomic E-state index is 6.07. The molecule has 0 aromatic heterocycles. The molecule has 0 bridgehead atoms. The summed E-state index contributed by atoms with van der Waals surface area (Å²) in [5.74, 6) is 0. The van der Waals surface area contributed by atoms with Crippen LogP contribution in [0.3, 0.4) is 0 Å². The summed E-state index contributed by atoms with van der Waals surface area (Å²) < 4.78 is 1.16. The Balaban J connectivity index is 2.41. The first-order chi connectivity index (χ1) is 5.62. The summed E-state index contributed by atoms with van der Waals surface area (Å²) in [6, 6.07) is 6.37. The van der Waals surface area contributed by atoms with E-state index in [1.165, 1.54) is 11.1 Å². The highest BCUT2D eigenvalue weighted by Crippen LogP contribution is 2.43. The topological polar surface area (TPSA) is 26.0 Å². The Morgan fingerprint density at radius 3 is 2.58 bits per heavy atom. The van der Waals surface area contributed by atoms with Gasteiger partial charge in [-0.1, -0.05) is 28.1 Å². The second-order valence-electron chi connectivity index (χ2n) is 3.62. The van der Waals surface area contributed by atoms with Crippen molar-refractivity contribution in [1.82, 2.24) is 0 Å².